The molecule has 1 amide bonds. The molecule has 90 valence electrons. The normalized spacial score (nSPS) is 22.6. The molecule has 0 saturated heterocycles. The van der Waals surface area contributed by atoms with Gasteiger partial charge in [-0.3, -0.25) is 9.59 Å². The fourth-order valence-corrected chi connectivity index (χ4v) is 1.93. The Hall–Kier alpha value is -2.04. The summed E-state index contributed by atoms with van der Waals surface area (Å²) in [4.78, 5) is 22.6. The average molecular weight is 234 g/mol. The van der Waals surface area contributed by atoms with Crippen molar-refractivity contribution in [3.05, 3.63) is 36.2 Å². The number of amides is 1. The van der Waals surface area contributed by atoms with Crippen LogP contribution < -0.4 is 5.32 Å². The van der Waals surface area contributed by atoms with E-state index in [-0.39, 0.29) is 11.9 Å². The number of aliphatic carboxylic acids is 1. The van der Waals surface area contributed by atoms with Crippen molar-refractivity contribution in [2.45, 2.75) is 12.5 Å². The fraction of sp³-hybridized carbons (Fsp3) is 0.333. The first-order valence-electron chi connectivity index (χ1n) is 5.41. The molecular weight excluding hydrogens is 220 g/mol. The summed E-state index contributed by atoms with van der Waals surface area (Å²) >= 11 is 0. The van der Waals surface area contributed by atoms with Gasteiger partial charge in [-0.2, -0.15) is 0 Å². The number of nitrogens with zero attached hydrogens (tertiary/aromatic N) is 1. The number of rotatable bonds is 3. The van der Waals surface area contributed by atoms with Gasteiger partial charge in [-0.25, -0.2) is 0 Å². The lowest BCUT2D eigenvalue weighted by Gasteiger charge is -2.12. The molecule has 0 spiro atoms. The van der Waals surface area contributed by atoms with Gasteiger partial charge in [0.1, 0.15) is 5.69 Å². The molecule has 0 aliphatic heterocycles. The summed E-state index contributed by atoms with van der Waals surface area (Å²) in [6.45, 7) is 0. The average Bonchev–Trinajstić information content (AvgIpc) is 2.86. The van der Waals surface area contributed by atoms with E-state index in [2.05, 4.69) is 5.32 Å². The molecule has 5 heteroatoms. The second kappa shape index (κ2) is 4.45. The maximum atomic E-state index is 11.8. The fourth-order valence-electron chi connectivity index (χ4n) is 1.93. The van der Waals surface area contributed by atoms with Crippen LogP contribution in [0.1, 0.15) is 16.9 Å². The van der Waals surface area contributed by atoms with Crippen molar-refractivity contribution >= 4 is 11.9 Å². The van der Waals surface area contributed by atoms with Crippen LogP contribution in [0.4, 0.5) is 0 Å². The van der Waals surface area contributed by atoms with E-state index >= 15 is 0 Å². The highest BCUT2D eigenvalue weighted by molar-refractivity contribution is 5.93. The van der Waals surface area contributed by atoms with E-state index in [1.807, 2.05) is 0 Å². The smallest absolute Gasteiger partial charge is 0.310 e. The Morgan fingerprint density at radius 2 is 2.24 bits per heavy atom. The van der Waals surface area contributed by atoms with Crippen molar-refractivity contribution in [1.82, 2.24) is 9.88 Å². The predicted octanol–water partition coefficient (Wildman–Crippen LogP) is 0.784. The third-order valence-corrected chi connectivity index (χ3v) is 2.89. The zero-order chi connectivity index (χ0) is 12.4. The number of carbonyl (C=O) groups is 2. The maximum Gasteiger partial charge on any atom is 0.310 e. The highest BCUT2D eigenvalue weighted by atomic mass is 16.4. The minimum atomic E-state index is -0.850. The van der Waals surface area contributed by atoms with Gasteiger partial charge in [0.05, 0.1) is 5.92 Å². The van der Waals surface area contributed by atoms with Crippen molar-refractivity contribution in [1.29, 1.82) is 0 Å². The van der Waals surface area contributed by atoms with Gasteiger partial charge in [0, 0.05) is 19.3 Å². The molecule has 2 rings (SSSR count). The highest BCUT2D eigenvalue weighted by Gasteiger charge is 2.25. The highest BCUT2D eigenvalue weighted by Crippen LogP contribution is 2.18. The molecule has 17 heavy (non-hydrogen) atoms. The van der Waals surface area contributed by atoms with Crippen LogP contribution in [0, 0.1) is 5.92 Å². The quantitative estimate of drug-likeness (QED) is 0.759. The number of carboxylic acids is 1. The molecule has 0 radical (unpaired) electrons. The molecule has 5 nitrogen and oxygen atoms in total. The summed E-state index contributed by atoms with van der Waals surface area (Å²) in [5.41, 5.74) is 0.567. The van der Waals surface area contributed by atoms with Crippen molar-refractivity contribution in [3.8, 4) is 0 Å². The van der Waals surface area contributed by atoms with Crippen LogP contribution in [0.15, 0.2) is 30.5 Å². The first-order valence-corrected chi connectivity index (χ1v) is 5.41. The van der Waals surface area contributed by atoms with Crippen LogP contribution in [0.25, 0.3) is 0 Å². The van der Waals surface area contributed by atoms with Gasteiger partial charge in [-0.05, 0) is 18.6 Å². The summed E-state index contributed by atoms with van der Waals surface area (Å²) in [6.07, 6.45) is 5.57. The maximum absolute atomic E-state index is 11.8. The van der Waals surface area contributed by atoms with Crippen LogP contribution in [0.2, 0.25) is 0 Å². The summed E-state index contributed by atoms with van der Waals surface area (Å²) in [7, 11) is 1.79. The second-order valence-electron chi connectivity index (χ2n) is 4.15. The van der Waals surface area contributed by atoms with Crippen molar-refractivity contribution < 1.29 is 14.7 Å². The van der Waals surface area contributed by atoms with Gasteiger partial charge in [0.25, 0.3) is 5.91 Å². The number of carbonyl (C=O) groups excluding carboxylic acids is 1. The standard InChI is InChI=1S/C12H14N2O3/c1-14-6-2-3-10(14)11(15)13-9-5-4-8(7-9)12(16)17/h2-6,8-9H,7H2,1H3,(H,13,15)(H,16,17). The minimum absolute atomic E-state index is 0.182. The summed E-state index contributed by atoms with van der Waals surface area (Å²) in [5, 5.41) is 11.6. The van der Waals surface area contributed by atoms with Gasteiger partial charge in [0.15, 0.2) is 0 Å². The Morgan fingerprint density at radius 1 is 1.47 bits per heavy atom. The number of nitrogens with one attached hydrogen (secondary N) is 1. The largest absolute Gasteiger partial charge is 0.481 e. The Kier molecular flexibility index (Phi) is 2.99. The zero-order valence-corrected chi connectivity index (χ0v) is 9.46. The van der Waals surface area contributed by atoms with Gasteiger partial charge >= 0.3 is 5.97 Å². The lowest BCUT2D eigenvalue weighted by atomic mass is 10.1. The van der Waals surface area contributed by atoms with Crippen LogP contribution in [0.3, 0.4) is 0 Å². The Morgan fingerprint density at radius 3 is 2.76 bits per heavy atom. The minimum Gasteiger partial charge on any atom is -0.481 e. The Balaban J connectivity index is 1.96. The Bertz CT molecular complexity index is 476. The molecule has 0 bridgehead atoms. The molecule has 0 fully saturated rings. The van der Waals surface area contributed by atoms with Crippen molar-refractivity contribution in [3.63, 3.8) is 0 Å². The van der Waals surface area contributed by atoms with E-state index in [0.29, 0.717) is 12.1 Å². The van der Waals surface area contributed by atoms with Gasteiger partial charge < -0.3 is 15.0 Å². The lowest BCUT2D eigenvalue weighted by Crippen LogP contribution is -2.34. The van der Waals surface area contributed by atoms with Crippen LogP contribution in [0.5, 0.6) is 0 Å². The van der Waals surface area contributed by atoms with E-state index in [0.717, 1.165) is 0 Å². The number of carboxylic acid groups (broad SMARTS) is 1. The first kappa shape index (κ1) is 11.4. The van der Waals surface area contributed by atoms with Crippen LogP contribution in [-0.2, 0) is 11.8 Å². The SMILES string of the molecule is Cn1cccc1C(=O)NC1C=CC(C(=O)O)C1. The first-order chi connectivity index (χ1) is 8.08. The van der Waals surface area contributed by atoms with E-state index in [1.165, 1.54) is 0 Å². The van der Waals surface area contributed by atoms with E-state index in [1.54, 1.807) is 42.1 Å². The van der Waals surface area contributed by atoms with Gasteiger partial charge in [-0.15, -0.1) is 0 Å². The third-order valence-electron chi connectivity index (χ3n) is 2.89. The monoisotopic (exact) mass is 234 g/mol. The van der Waals surface area contributed by atoms with E-state index < -0.39 is 11.9 Å². The lowest BCUT2D eigenvalue weighted by molar-refractivity contribution is -0.140. The molecular formula is C12H14N2O3. The predicted molar refractivity (Wildman–Crippen MR) is 61.6 cm³/mol. The van der Waals surface area contributed by atoms with Crippen LogP contribution >= 0.6 is 0 Å². The Labute approximate surface area is 98.7 Å². The van der Waals surface area contributed by atoms with Gasteiger partial charge in [0.2, 0.25) is 0 Å². The third kappa shape index (κ3) is 2.38. The van der Waals surface area contributed by atoms with Crippen molar-refractivity contribution in [2.24, 2.45) is 13.0 Å². The van der Waals surface area contributed by atoms with Gasteiger partial charge in [-0.1, -0.05) is 12.2 Å². The molecule has 2 atom stereocenters. The summed E-state index contributed by atoms with van der Waals surface area (Å²) in [5.74, 6) is -1.52. The summed E-state index contributed by atoms with van der Waals surface area (Å²) < 4.78 is 1.72. The summed E-state index contributed by atoms with van der Waals surface area (Å²) in [6, 6.07) is 3.32. The molecule has 1 aliphatic carbocycles. The van der Waals surface area contributed by atoms with Crippen molar-refractivity contribution in [2.75, 3.05) is 0 Å². The van der Waals surface area contributed by atoms with E-state index in [9.17, 15) is 9.59 Å². The molecule has 0 saturated carbocycles. The number of hydrogen-bond acceptors (Lipinski definition) is 2. The molecule has 2 N–H and O–H groups in total. The second-order valence-corrected chi connectivity index (χ2v) is 4.15. The topological polar surface area (TPSA) is 71.3 Å². The number of hydrogen-bond donors (Lipinski definition) is 2. The molecule has 2 unspecified atom stereocenters. The number of aryl methyl sites for hydroxylation is 1. The molecule has 1 heterocycles. The molecule has 1 aromatic rings. The molecule has 1 aliphatic rings. The zero-order valence-electron chi connectivity index (χ0n) is 9.46. The van der Waals surface area contributed by atoms with Crippen LogP contribution in [-0.4, -0.2) is 27.6 Å². The van der Waals surface area contributed by atoms with E-state index in [4.69, 9.17) is 5.11 Å². The molecule has 0 aromatic carbocycles. The number of aromatic nitrogens is 1. The molecule has 1 aromatic heterocycles.